The van der Waals surface area contributed by atoms with Gasteiger partial charge < -0.3 is 10.6 Å². The van der Waals surface area contributed by atoms with Crippen LogP contribution in [0.3, 0.4) is 0 Å². The Hall–Kier alpha value is -2.92. The Morgan fingerprint density at radius 1 is 0.960 bits per heavy atom. The monoisotopic (exact) mass is 352 g/mol. The number of nitrogens with zero attached hydrogens (tertiary/aromatic N) is 2. The molecule has 0 fully saturated rings. The Bertz CT molecular complexity index is 838. The van der Waals surface area contributed by atoms with Gasteiger partial charge in [-0.2, -0.15) is 0 Å². The first-order valence-corrected chi connectivity index (χ1v) is 8.21. The van der Waals surface area contributed by atoms with Gasteiger partial charge in [0.15, 0.2) is 0 Å². The third-order valence-electron chi connectivity index (χ3n) is 3.60. The summed E-state index contributed by atoms with van der Waals surface area (Å²) in [4.78, 5) is 20.7. The van der Waals surface area contributed by atoms with E-state index < -0.39 is 0 Å². The molecule has 0 aliphatic rings. The van der Waals surface area contributed by atoms with Crippen molar-refractivity contribution in [2.75, 3.05) is 5.32 Å². The molecule has 2 heterocycles. The zero-order valence-electron chi connectivity index (χ0n) is 13.4. The normalized spacial score (nSPS) is 10.3. The number of pyridine rings is 2. The zero-order valence-corrected chi connectivity index (χ0v) is 14.2. The third kappa shape index (κ3) is 4.78. The van der Waals surface area contributed by atoms with Crippen LogP contribution < -0.4 is 10.6 Å². The number of hydrogen-bond acceptors (Lipinski definition) is 4. The number of aromatic nitrogens is 2. The average Bonchev–Trinajstić information content (AvgIpc) is 2.67. The van der Waals surface area contributed by atoms with Crippen molar-refractivity contribution >= 4 is 23.3 Å². The van der Waals surface area contributed by atoms with Gasteiger partial charge in [-0.15, -0.1) is 0 Å². The van der Waals surface area contributed by atoms with E-state index in [-0.39, 0.29) is 5.91 Å². The highest BCUT2D eigenvalue weighted by molar-refractivity contribution is 6.31. The Balaban J connectivity index is 1.54. The standard InChI is InChI=1S/C19H17ClN4O/c20-17-7-2-1-5-14(17)11-24-19(25)15-8-9-18(22-12-15)23-13-16-6-3-4-10-21-16/h1-10,12H,11,13H2,(H,22,23)(H,24,25). The van der Waals surface area contributed by atoms with E-state index in [0.717, 1.165) is 11.3 Å². The van der Waals surface area contributed by atoms with Gasteiger partial charge in [0.25, 0.3) is 5.91 Å². The summed E-state index contributed by atoms with van der Waals surface area (Å²) >= 11 is 6.08. The lowest BCUT2D eigenvalue weighted by molar-refractivity contribution is 0.0950. The quantitative estimate of drug-likeness (QED) is 0.710. The minimum Gasteiger partial charge on any atom is -0.364 e. The van der Waals surface area contributed by atoms with Gasteiger partial charge in [-0.25, -0.2) is 4.98 Å². The lowest BCUT2D eigenvalue weighted by Gasteiger charge is -2.08. The van der Waals surface area contributed by atoms with Crippen molar-refractivity contribution in [1.29, 1.82) is 0 Å². The molecule has 0 unspecified atom stereocenters. The lowest BCUT2D eigenvalue weighted by atomic mass is 10.2. The first-order chi connectivity index (χ1) is 12.2. The Morgan fingerprint density at radius 3 is 2.52 bits per heavy atom. The molecule has 0 aliphatic heterocycles. The molecule has 6 heteroatoms. The van der Waals surface area contributed by atoms with Crippen molar-refractivity contribution in [1.82, 2.24) is 15.3 Å². The van der Waals surface area contributed by atoms with Gasteiger partial charge in [-0.05, 0) is 35.9 Å². The third-order valence-corrected chi connectivity index (χ3v) is 3.97. The van der Waals surface area contributed by atoms with Crippen molar-refractivity contribution < 1.29 is 4.79 Å². The molecule has 5 nitrogen and oxygen atoms in total. The molecule has 3 rings (SSSR count). The molecule has 0 saturated carbocycles. The molecular weight excluding hydrogens is 336 g/mol. The van der Waals surface area contributed by atoms with Crippen LogP contribution in [0.25, 0.3) is 0 Å². The maximum Gasteiger partial charge on any atom is 0.253 e. The fourth-order valence-electron chi connectivity index (χ4n) is 2.24. The van der Waals surface area contributed by atoms with Crippen LogP contribution in [0, 0.1) is 0 Å². The van der Waals surface area contributed by atoms with Crippen LogP contribution >= 0.6 is 11.6 Å². The van der Waals surface area contributed by atoms with E-state index >= 15 is 0 Å². The molecule has 0 saturated heterocycles. The fourth-order valence-corrected chi connectivity index (χ4v) is 2.44. The average molecular weight is 353 g/mol. The molecule has 2 aromatic heterocycles. The molecular formula is C19H17ClN4O. The second-order valence-electron chi connectivity index (χ2n) is 5.38. The summed E-state index contributed by atoms with van der Waals surface area (Å²) in [5, 5.41) is 6.64. The van der Waals surface area contributed by atoms with Gasteiger partial charge in [0, 0.05) is 24.0 Å². The summed E-state index contributed by atoms with van der Waals surface area (Å²) in [5.41, 5.74) is 2.29. The maximum absolute atomic E-state index is 12.2. The van der Waals surface area contributed by atoms with Crippen molar-refractivity contribution in [2.24, 2.45) is 0 Å². The first-order valence-electron chi connectivity index (χ1n) is 7.84. The van der Waals surface area contributed by atoms with E-state index in [0.29, 0.717) is 29.5 Å². The summed E-state index contributed by atoms with van der Waals surface area (Å²) in [6.07, 6.45) is 3.29. The minimum atomic E-state index is -0.191. The summed E-state index contributed by atoms with van der Waals surface area (Å²) in [6, 6.07) is 16.7. The van der Waals surface area contributed by atoms with Crippen LogP contribution in [0.5, 0.6) is 0 Å². The van der Waals surface area contributed by atoms with Crippen molar-refractivity contribution in [2.45, 2.75) is 13.1 Å². The number of carbonyl (C=O) groups is 1. The van der Waals surface area contributed by atoms with E-state index in [4.69, 9.17) is 11.6 Å². The zero-order chi connectivity index (χ0) is 17.5. The van der Waals surface area contributed by atoms with Gasteiger partial charge in [0.1, 0.15) is 5.82 Å². The van der Waals surface area contributed by atoms with Crippen LogP contribution in [0.1, 0.15) is 21.6 Å². The highest BCUT2D eigenvalue weighted by Gasteiger charge is 2.07. The predicted octanol–water partition coefficient (Wildman–Crippen LogP) is 3.67. The Kier molecular flexibility index (Phi) is 5.59. The number of anilines is 1. The number of hydrogen-bond donors (Lipinski definition) is 2. The van der Waals surface area contributed by atoms with Gasteiger partial charge >= 0.3 is 0 Å². The molecule has 1 aromatic carbocycles. The van der Waals surface area contributed by atoms with E-state index in [9.17, 15) is 4.79 Å². The number of benzene rings is 1. The van der Waals surface area contributed by atoms with Gasteiger partial charge in [-0.3, -0.25) is 9.78 Å². The lowest BCUT2D eigenvalue weighted by Crippen LogP contribution is -2.23. The minimum absolute atomic E-state index is 0.191. The summed E-state index contributed by atoms with van der Waals surface area (Å²) in [6.45, 7) is 0.948. The van der Waals surface area contributed by atoms with Gasteiger partial charge in [-0.1, -0.05) is 35.9 Å². The molecule has 126 valence electrons. The molecule has 0 radical (unpaired) electrons. The predicted molar refractivity (Wildman–Crippen MR) is 98.4 cm³/mol. The van der Waals surface area contributed by atoms with Crippen LogP contribution in [0.4, 0.5) is 5.82 Å². The molecule has 0 aliphatic carbocycles. The van der Waals surface area contributed by atoms with E-state index in [1.54, 1.807) is 30.6 Å². The molecule has 25 heavy (non-hydrogen) atoms. The van der Waals surface area contributed by atoms with E-state index in [1.807, 2.05) is 36.4 Å². The number of carbonyl (C=O) groups excluding carboxylic acids is 1. The number of halogens is 1. The van der Waals surface area contributed by atoms with Gasteiger partial charge in [0.05, 0.1) is 17.8 Å². The molecule has 0 bridgehead atoms. The SMILES string of the molecule is O=C(NCc1ccccc1Cl)c1ccc(NCc2ccccn2)nc1. The summed E-state index contributed by atoms with van der Waals surface area (Å²) in [5.74, 6) is 0.497. The highest BCUT2D eigenvalue weighted by Crippen LogP contribution is 2.14. The van der Waals surface area contributed by atoms with Crippen molar-refractivity contribution in [3.8, 4) is 0 Å². The van der Waals surface area contributed by atoms with Gasteiger partial charge in [0.2, 0.25) is 0 Å². The van der Waals surface area contributed by atoms with Crippen molar-refractivity contribution in [3.63, 3.8) is 0 Å². The number of nitrogens with one attached hydrogen (secondary N) is 2. The highest BCUT2D eigenvalue weighted by atomic mass is 35.5. The maximum atomic E-state index is 12.2. The fraction of sp³-hybridized carbons (Fsp3) is 0.105. The molecule has 1 amide bonds. The molecule has 2 N–H and O–H groups in total. The van der Waals surface area contributed by atoms with Crippen LogP contribution in [0.15, 0.2) is 67.0 Å². The smallest absolute Gasteiger partial charge is 0.253 e. The van der Waals surface area contributed by atoms with Crippen molar-refractivity contribution in [3.05, 3.63) is 88.8 Å². The molecule has 3 aromatic rings. The summed E-state index contributed by atoms with van der Waals surface area (Å²) in [7, 11) is 0. The second-order valence-corrected chi connectivity index (χ2v) is 5.79. The number of amides is 1. The topological polar surface area (TPSA) is 66.9 Å². The van der Waals surface area contributed by atoms with Crippen LogP contribution in [-0.2, 0) is 13.1 Å². The van der Waals surface area contributed by atoms with E-state index in [1.165, 1.54) is 0 Å². The van der Waals surface area contributed by atoms with Crippen LogP contribution in [0.2, 0.25) is 5.02 Å². The second kappa shape index (κ2) is 8.26. The van der Waals surface area contributed by atoms with E-state index in [2.05, 4.69) is 20.6 Å². The number of rotatable bonds is 6. The Labute approximate surface area is 151 Å². The largest absolute Gasteiger partial charge is 0.364 e. The first kappa shape index (κ1) is 16.9. The molecule has 0 spiro atoms. The Morgan fingerprint density at radius 2 is 1.80 bits per heavy atom. The summed E-state index contributed by atoms with van der Waals surface area (Å²) < 4.78 is 0. The molecule has 0 atom stereocenters. The van der Waals surface area contributed by atoms with Crippen LogP contribution in [-0.4, -0.2) is 15.9 Å².